The number of allylic oxidation sites excluding steroid dienone is 1. The molecule has 1 aliphatic heterocycles. The minimum atomic E-state index is -0.236. The SMILES string of the molecule is CC1=C(c2nc(-c3ccc(C)cc3)no2)C(c2ccccc2)NC(=S)N1c1cccc(Cl)c1. The van der Waals surface area contributed by atoms with E-state index >= 15 is 0 Å². The first kappa shape index (κ1) is 21.4. The van der Waals surface area contributed by atoms with E-state index in [1.54, 1.807) is 0 Å². The lowest BCUT2D eigenvalue weighted by molar-refractivity contribution is 0.404. The Bertz CT molecular complexity index is 1350. The van der Waals surface area contributed by atoms with Crippen LogP contribution in [0.15, 0.2) is 89.1 Å². The van der Waals surface area contributed by atoms with E-state index in [-0.39, 0.29) is 6.04 Å². The number of aromatic nitrogens is 2. The van der Waals surface area contributed by atoms with E-state index < -0.39 is 0 Å². The van der Waals surface area contributed by atoms with Crippen LogP contribution in [-0.4, -0.2) is 15.3 Å². The third-order valence-corrected chi connectivity index (χ3v) is 6.19. The Labute approximate surface area is 202 Å². The van der Waals surface area contributed by atoms with Crippen LogP contribution in [0.3, 0.4) is 0 Å². The molecule has 1 aromatic heterocycles. The van der Waals surface area contributed by atoms with Crippen molar-refractivity contribution in [1.82, 2.24) is 15.5 Å². The van der Waals surface area contributed by atoms with Gasteiger partial charge in [0.2, 0.25) is 5.82 Å². The number of aryl methyl sites for hydroxylation is 1. The normalized spacial score (nSPS) is 16.2. The van der Waals surface area contributed by atoms with E-state index in [1.165, 1.54) is 5.56 Å². The fourth-order valence-electron chi connectivity index (χ4n) is 3.99. The number of rotatable bonds is 4. The van der Waals surface area contributed by atoms with E-state index in [0.29, 0.717) is 21.9 Å². The highest BCUT2D eigenvalue weighted by molar-refractivity contribution is 7.80. The molecule has 5 rings (SSSR count). The number of nitrogens with zero attached hydrogens (tertiary/aromatic N) is 3. The van der Waals surface area contributed by atoms with E-state index in [1.807, 2.05) is 85.5 Å². The molecule has 1 unspecified atom stereocenters. The molecule has 0 radical (unpaired) electrons. The molecule has 0 amide bonds. The Morgan fingerprint density at radius 3 is 2.45 bits per heavy atom. The number of benzene rings is 3. The Morgan fingerprint density at radius 2 is 1.73 bits per heavy atom. The molecule has 0 bridgehead atoms. The molecule has 1 N–H and O–H groups in total. The number of hydrogen-bond donors (Lipinski definition) is 1. The lowest BCUT2D eigenvalue weighted by atomic mass is 9.94. The molecule has 1 atom stereocenters. The second kappa shape index (κ2) is 8.81. The van der Waals surface area contributed by atoms with Gasteiger partial charge in [-0.05, 0) is 49.8 Å². The second-order valence-electron chi connectivity index (χ2n) is 7.90. The molecule has 0 spiro atoms. The number of halogens is 1. The van der Waals surface area contributed by atoms with E-state index in [0.717, 1.165) is 28.1 Å². The van der Waals surface area contributed by atoms with Crippen LogP contribution in [0.1, 0.15) is 30.0 Å². The standard InChI is InChI=1S/C26H21ClN4OS/c1-16-11-13-19(14-12-16)24-29-25(32-30-24)22-17(2)31(21-10-6-9-20(27)15-21)26(33)28-23(22)18-7-4-3-5-8-18/h3-15,23H,1-2H3,(H,28,33). The van der Waals surface area contributed by atoms with Crippen LogP contribution in [0.4, 0.5) is 5.69 Å². The smallest absolute Gasteiger partial charge is 0.258 e. The Balaban J connectivity index is 1.65. The highest BCUT2D eigenvalue weighted by atomic mass is 35.5. The molecule has 7 heteroatoms. The van der Waals surface area contributed by atoms with Crippen molar-refractivity contribution in [3.63, 3.8) is 0 Å². The van der Waals surface area contributed by atoms with Gasteiger partial charge < -0.3 is 9.84 Å². The Morgan fingerprint density at radius 1 is 0.970 bits per heavy atom. The zero-order valence-corrected chi connectivity index (χ0v) is 19.7. The van der Waals surface area contributed by atoms with Gasteiger partial charge >= 0.3 is 0 Å². The lowest BCUT2D eigenvalue weighted by Crippen LogP contribution is -2.46. The summed E-state index contributed by atoms with van der Waals surface area (Å²) in [6.45, 7) is 4.06. The largest absolute Gasteiger partial charge is 0.351 e. The average Bonchev–Trinajstić information content (AvgIpc) is 3.29. The van der Waals surface area contributed by atoms with Crippen LogP contribution in [0, 0.1) is 6.92 Å². The number of thiocarbonyl (C=S) groups is 1. The molecule has 0 aliphatic carbocycles. The summed E-state index contributed by atoms with van der Waals surface area (Å²) in [6.07, 6.45) is 0. The number of nitrogens with one attached hydrogen (secondary N) is 1. The quantitative estimate of drug-likeness (QED) is 0.339. The first-order chi connectivity index (χ1) is 16.0. The maximum atomic E-state index is 6.27. The van der Waals surface area contributed by atoms with Gasteiger partial charge in [-0.2, -0.15) is 4.98 Å². The summed E-state index contributed by atoms with van der Waals surface area (Å²) < 4.78 is 5.80. The molecule has 5 nitrogen and oxygen atoms in total. The van der Waals surface area contributed by atoms with Crippen LogP contribution in [-0.2, 0) is 0 Å². The van der Waals surface area contributed by atoms with Crippen LogP contribution in [0.2, 0.25) is 5.02 Å². The molecule has 0 fully saturated rings. The summed E-state index contributed by atoms with van der Waals surface area (Å²) in [4.78, 5) is 6.71. The predicted octanol–water partition coefficient (Wildman–Crippen LogP) is 6.57. The third kappa shape index (κ3) is 4.15. The number of hydrogen-bond acceptors (Lipinski definition) is 4. The maximum absolute atomic E-state index is 6.27. The molecule has 164 valence electrons. The second-order valence-corrected chi connectivity index (χ2v) is 8.72. The molecule has 2 heterocycles. The van der Waals surface area contributed by atoms with Gasteiger partial charge in [0.15, 0.2) is 5.11 Å². The monoisotopic (exact) mass is 472 g/mol. The van der Waals surface area contributed by atoms with Crippen LogP contribution in [0.5, 0.6) is 0 Å². The Hall–Kier alpha value is -3.48. The predicted molar refractivity (Wildman–Crippen MR) is 136 cm³/mol. The van der Waals surface area contributed by atoms with Crippen molar-refractivity contribution in [3.05, 3.63) is 107 Å². The Kier molecular flexibility index (Phi) is 5.70. The van der Waals surface area contributed by atoms with Gasteiger partial charge in [0.05, 0.1) is 11.6 Å². The molecule has 0 saturated carbocycles. The van der Waals surface area contributed by atoms with Crippen LogP contribution in [0.25, 0.3) is 17.0 Å². The summed E-state index contributed by atoms with van der Waals surface area (Å²) in [7, 11) is 0. The van der Waals surface area contributed by atoms with Gasteiger partial charge in [0, 0.05) is 22.0 Å². The van der Waals surface area contributed by atoms with E-state index in [9.17, 15) is 0 Å². The van der Waals surface area contributed by atoms with E-state index in [2.05, 4.69) is 22.6 Å². The molecular formula is C26H21ClN4OS. The summed E-state index contributed by atoms with van der Waals surface area (Å²) in [5.41, 5.74) is 5.74. The summed E-state index contributed by atoms with van der Waals surface area (Å²) in [5, 5.41) is 8.94. The minimum Gasteiger partial charge on any atom is -0.351 e. The van der Waals surface area contributed by atoms with Gasteiger partial charge in [0.25, 0.3) is 5.89 Å². The molecule has 1 aliphatic rings. The van der Waals surface area contributed by atoms with Gasteiger partial charge in [-0.15, -0.1) is 0 Å². The average molecular weight is 473 g/mol. The first-order valence-corrected chi connectivity index (χ1v) is 11.3. The highest BCUT2D eigenvalue weighted by Crippen LogP contribution is 2.39. The number of anilines is 1. The zero-order chi connectivity index (χ0) is 22.9. The molecule has 4 aromatic rings. The van der Waals surface area contributed by atoms with Crippen molar-refractivity contribution in [2.75, 3.05) is 4.90 Å². The maximum Gasteiger partial charge on any atom is 0.258 e. The minimum absolute atomic E-state index is 0.236. The topological polar surface area (TPSA) is 54.2 Å². The first-order valence-electron chi connectivity index (χ1n) is 10.5. The van der Waals surface area contributed by atoms with Crippen molar-refractivity contribution in [2.45, 2.75) is 19.9 Å². The van der Waals surface area contributed by atoms with Gasteiger partial charge in [-0.1, -0.05) is 83.0 Å². The van der Waals surface area contributed by atoms with Crippen molar-refractivity contribution < 1.29 is 4.52 Å². The van der Waals surface area contributed by atoms with Gasteiger partial charge in [-0.3, -0.25) is 4.90 Å². The molecule has 0 saturated heterocycles. The highest BCUT2D eigenvalue weighted by Gasteiger charge is 2.34. The van der Waals surface area contributed by atoms with Gasteiger partial charge in [-0.25, -0.2) is 0 Å². The van der Waals surface area contributed by atoms with Crippen molar-refractivity contribution in [2.24, 2.45) is 0 Å². The molecule has 3 aromatic carbocycles. The fraction of sp³-hybridized carbons (Fsp3) is 0.115. The summed E-state index contributed by atoms with van der Waals surface area (Å²) in [6, 6.07) is 25.5. The van der Waals surface area contributed by atoms with Crippen molar-refractivity contribution in [3.8, 4) is 11.4 Å². The van der Waals surface area contributed by atoms with Crippen molar-refractivity contribution >= 4 is 40.2 Å². The fourth-order valence-corrected chi connectivity index (χ4v) is 4.54. The van der Waals surface area contributed by atoms with E-state index in [4.69, 9.17) is 33.3 Å². The lowest BCUT2D eigenvalue weighted by Gasteiger charge is -2.37. The van der Waals surface area contributed by atoms with Crippen LogP contribution >= 0.6 is 23.8 Å². The van der Waals surface area contributed by atoms with Gasteiger partial charge in [0.1, 0.15) is 0 Å². The molecular weight excluding hydrogens is 452 g/mol. The summed E-state index contributed by atoms with van der Waals surface area (Å²) >= 11 is 12.0. The van der Waals surface area contributed by atoms with Crippen LogP contribution < -0.4 is 10.2 Å². The van der Waals surface area contributed by atoms with Crippen molar-refractivity contribution in [1.29, 1.82) is 0 Å². The zero-order valence-electron chi connectivity index (χ0n) is 18.1. The third-order valence-electron chi connectivity index (χ3n) is 5.65. The molecule has 33 heavy (non-hydrogen) atoms. The summed E-state index contributed by atoms with van der Waals surface area (Å²) in [5.74, 6) is 0.985.